The Labute approximate surface area is 198 Å². The van der Waals surface area contributed by atoms with E-state index in [0.717, 1.165) is 23.3 Å². The van der Waals surface area contributed by atoms with Crippen molar-refractivity contribution in [1.82, 2.24) is 4.31 Å². The Hall–Kier alpha value is -2.85. The molecule has 1 fully saturated rings. The summed E-state index contributed by atoms with van der Waals surface area (Å²) >= 11 is 0. The summed E-state index contributed by atoms with van der Waals surface area (Å²) in [6, 6.07) is 4.52. The van der Waals surface area contributed by atoms with E-state index in [0.29, 0.717) is 22.1 Å². The van der Waals surface area contributed by atoms with Gasteiger partial charge in [0.15, 0.2) is 6.61 Å². The summed E-state index contributed by atoms with van der Waals surface area (Å²) in [5.74, 6) is -3.59. The van der Waals surface area contributed by atoms with Gasteiger partial charge in [-0.15, -0.1) is 0 Å². The first-order valence-electron chi connectivity index (χ1n) is 10.9. The Morgan fingerprint density at radius 1 is 0.971 bits per heavy atom. The normalized spacial score (nSPS) is 15.2. The largest absolute Gasteiger partial charge is 0.455 e. The van der Waals surface area contributed by atoms with Gasteiger partial charge in [-0.3, -0.25) is 9.59 Å². The molecule has 0 aromatic heterocycles. The van der Waals surface area contributed by atoms with Gasteiger partial charge in [0.1, 0.15) is 11.6 Å². The van der Waals surface area contributed by atoms with E-state index in [1.807, 2.05) is 19.9 Å². The lowest BCUT2D eigenvalue weighted by atomic mass is 9.98. The SMILES string of the molecule is Cc1cc(C)c(C)c(S(=O)(=O)N2CCC(C(=O)OCC(=O)Nc3cc(F)cc(F)c3)CC2)c1C. The number of benzene rings is 2. The average Bonchev–Trinajstić information content (AvgIpc) is 2.75. The van der Waals surface area contributed by atoms with E-state index in [1.165, 1.54) is 4.31 Å². The highest BCUT2D eigenvalue weighted by Gasteiger charge is 2.35. The third-order valence-electron chi connectivity index (χ3n) is 6.17. The van der Waals surface area contributed by atoms with Crippen LogP contribution in [0.25, 0.3) is 0 Å². The summed E-state index contributed by atoms with van der Waals surface area (Å²) < 4.78 is 59.6. The summed E-state index contributed by atoms with van der Waals surface area (Å²) in [5.41, 5.74) is 3.15. The average molecular weight is 495 g/mol. The second-order valence-electron chi connectivity index (χ2n) is 8.58. The highest BCUT2D eigenvalue weighted by Crippen LogP contribution is 2.31. The van der Waals surface area contributed by atoms with Gasteiger partial charge in [0, 0.05) is 24.8 Å². The van der Waals surface area contributed by atoms with Crippen LogP contribution in [0, 0.1) is 45.2 Å². The van der Waals surface area contributed by atoms with Crippen LogP contribution in [0.15, 0.2) is 29.2 Å². The summed E-state index contributed by atoms with van der Waals surface area (Å²) in [5, 5.41) is 2.26. The Kier molecular flexibility index (Phi) is 7.72. The molecule has 0 saturated carbocycles. The first kappa shape index (κ1) is 25.8. The number of ether oxygens (including phenoxy) is 1. The van der Waals surface area contributed by atoms with Gasteiger partial charge in [0.2, 0.25) is 10.0 Å². The standard InChI is InChI=1S/C24H28F2N2O5S/c1-14-9-15(2)17(4)23(16(14)3)34(31,32)28-7-5-18(6-8-28)24(30)33-13-22(29)27-21-11-19(25)10-20(26)12-21/h9-12,18H,5-8,13H2,1-4H3,(H,27,29). The fraction of sp³-hybridized carbons (Fsp3) is 0.417. The minimum atomic E-state index is -3.73. The molecule has 1 saturated heterocycles. The fourth-order valence-corrected chi connectivity index (χ4v) is 6.15. The molecule has 1 amide bonds. The second kappa shape index (κ2) is 10.2. The van der Waals surface area contributed by atoms with Crippen molar-refractivity contribution >= 4 is 27.6 Å². The van der Waals surface area contributed by atoms with Gasteiger partial charge in [0.05, 0.1) is 10.8 Å². The zero-order valence-corrected chi connectivity index (χ0v) is 20.4. The molecule has 0 atom stereocenters. The topological polar surface area (TPSA) is 92.8 Å². The molecule has 2 aromatic carbocycles. The van der Waals surface area contributed by atoms with Crippen LogP contribution in [0.4, 0.5) is 14.5 Å². The van der Waals surface area contributed by atoms with E-state index >= 15 is 0 Å². The molecule has 0 aliphatic carbocycles. The van der Waals surface area contributed by atoms with Gasteiger partial charge in [-0.2, -0.15) is 4.31 Å². The van der Waals surface area contributed by atoms with Crippen LogP contribution in [-0.4, -0.2) is 44.3 Å². The highest BCUT2D eigenvalue weighted by atomic mass is 32.2. The molecule has 34 heavy (non-hydrogen) atoms. The van der Waals surface area contributed by atoms with Crippen LogP contribution < -0.4 is 5.32 Å². The lowest BCUT2D eigenvalue weighted by Gasteiger charge is -2.31. The van der Waals surface area contributed by atoms with Crippen LogP contribution in [-0.2, 0) is 24.3 Å². The minimum Gasteiger partial charge on any atom is -0.455 e. The van der Waals surface area contributed by atoms with Crippen LogP contribution in [0.3, 0.4) is 0 Å². The van der Waals surface area contributed by atoms with Crippen molar-refractivity contribution in [3.63, 3.8) is 0 Å². The smallest absolute Gasteiger partial charge is 0.309 e. The first-order chi connectivity index (χ1) is 15.9. The number of hydrogen-bond donors (Lipinski definition) is 1. The number of nitrogens with zero attached hydrogens (tertiary/aromatic N) is 1. The second-order valence-corrected chi connectivity index (χ2v) is 10.5. The monoisotopic (exact) mass is 494 g/mol. The van der Waals surface area contributed by atoms with Crippen molar-refractivity contribution < 1.29 is 31.5 Å². The fourth-order valence-electron chi connectivity index (χ4n) is 4.11. The number of carbonyl (C=O) groups is 2. The number of hydrogen-bond acceptors (Lipinski definition) is 5. The maximum atomic E-state index is 13.3. The van der Waals surface area contributed by atoms with E-state index in [2.05, 4.69) is 5.32 Å². The Morgan fingerprint density at radius 3 is 2.03 bits per heavy atom. The van der Waals surface area contributed by atoms with E-state index in [4.69, 9.17) is 4.74 Å². The highest BCUT2D eigenvalue weighted by molar-refractivity contribution is 7.89. The molecule has 0 spiro atoms. The molecular formula is C24H28F2N2O5S. The van der Waals surface area contributed by atoms with Crippen molar-refractivity contribution in [2.24, 2.45) is 5.92 Å². The van der Waals surface area contributed by atoms with Crippen LogP contribution in [0.1, 0.15) is 35.1 Å². The van der Waals surface area contributed by atoms with Crippen molar-refractivity contribution in [2.45, 2.75) is 45.4 Å². The van der Waals surface area contributed by atoms with Crippen LogP contribution in [0.2, 0.25) is 0 Å². The predicted octanol–water partition coefficient (Wildman–Crippen LogP) is 3.78. The molecule has 0 bridgehead atoms. The molecule has 184 valence electrons. The Balaban J connectivity index is 1.57. The molecule has 2 aromatic rings. The predicted molar refractivity (Wildman–Crippen MR) is 123 cm³/mol. The Morgan fingerprint density at radius 2 is 1.50 bits per heavy atom. The number of rotatable bonds is 6. The number of esters is 1. The van der Waals surface area contributed by atoms with Gasteiger partial charge in [-0.1, -0.05) is 6.07 Å². The maximum absolute atomic E-state index is 13.3. The van der Waals surface area contributed by atoms with E-state index in [1.54, 1.807) is 13.8 Å². The van der Waals surface area contributed by atoms with Gasteiger partial charge in [-0.05, 0) is 74.9 Å². The van der Waals surface area contributed by atoms with E-state index < -0.39 is 46.1 Å². The van der Waals surface area contributed by atoms with Crippen molar-refractivity contribution in [3.05, 3.63) is 58.2 Å². The number of nitrogens with one attached hydrogen (secondary N) is 1. The number of anilines is 1. The summed E-state index contributed by atoms with van der Waals surface area (Å²) in [6.45, 7) is 7.04. The van der Waals surface area contributed by atoms with Gasteiger partial charge in [-0.25, -0.2) is 17.2 Å². The molecular weight excluding hydrogens is 466 g/mol. The third kappa shape index (κ3) is 5.61. The Bertz CT molecular complexity index is 1180. The summed E-state index contributed by atoms with van der Waals surface area (Å²) in [6.07, 6.45) is 0.523. The van der Waals surface area contributed by atoms with Gasteiger partial charge < -0.3 is 10.1 Å². The number of carbonyl (C=O) groups excluding carboxylic acids is 2. The van der Waals surface area contributed by atoms with Crippen LogP contribution >= 0.6 is 0 Å². The van der Waals surface area contributed by atoms with Crippen molar-refractivity contribution in [1.29, 1.82) is 0 Å². The van der Waals surface area contributed by atoms with Gasteiger partial charge >= 0.3 is 5.97 Å². The molecule has 3 rings (SSSR count). The maximum Gasteiger partial charge on any atom is 0.309 e. The first-order valence-corrected chi connectivity index (χ1v) is 12.3. The summed E-state index contributed by atoms with van der Waals surface area (Å²) in [7, 11) is -3.73. The van der Waals surface area contributed by atoms with Crippen LogP contribution in [0.5, 0.6) is 0 Å². The van der Waals surface area contributed by atoms with E-state index in [-0.39, 0.29) is 31.6 Å². The van der Waals surface area contributed by atoms with Crippen molar-refractivity contribution in [2.75, 3.05) is 25.0 Å². The molecule has 10 heteroatoms. The van der Waals surface area contributed by atoms with Gasteiger partial charge in [0.25, 0.3) is 5.91 Å². The minimum absolute atomic E-state index is 0.0889. The third-order valence-corrected chi connectivity index (χ3v) is 8.35. The van der Waals surface area contributed by atoms with E-state index in [9.17, 15) is 26.8 Å². The molecule has 1 heterocycles. The zero-order chi connectivity index (χ0) is 25.2. The molecule has 1 aliphatic rings. The molecule has 0 radical (unpaired) electrons. The number of piperidine rings is 1. The quantitative estimate of drug-likeness (QED) is 0.617. The number of amides is 1. The lowest BCUT2D eigenvalue weighted by Crippen LogP contribution is -2.41. The lowest BCUT2D eigenvalue weighted by molar-refractivity contribution is -0.152. The number of halogens is 2. The number of sulfonamides is 1. The molecule has 7 nitrogen and oxygen atoms in total. The zero-order valence-electron chi connectivity index (χ0n) is 19.6. The number of aryl methyl sites for hydroxylation is 2. The molecule has 1 aliphatic heterocycles. The molecule has 0 unspecified atom stereocenters. The summed E-state index contributed by atoms with van der Waals surface area (Å²) in [4.78, 5) is 24.7. The molecule has 1 N–H and O–H groups in total. The van der Waals surface area contributed by atoms with Crippen molar-refractivity contribution in [3.8, 4) is 0 Å².